The summed E-state index contributed by atoms with van der Waals surface area (Å²) in [5.41, 5.74) is 1.14. The molecule has 148 valence electrons. The van der Waals surface area contributed by atoms with Crippen LogP contribution in [0.15, 0.2) is 24.3 Å². The summed E-state index contributed by atoms with van der Waals surface area (Å²) in [6.45, 7) is 5.65. The molecule has 2 unspecified atom stereocenters. The number of piperazine rings is 1. The highest BCUT2D eigenvalue weighted by Gasteiger charge is 2.35. The third-order valence-corrected chi connectivity index (χ3v) is 5.84. The summed E-state index contributed by atoms with van der Waals surface area (Å²) in [5, 5.41) is 3.42. The van der Waals surface area contributed by atoms with Crippen molar-refractivity contribution in [2.75, 3.05) is 39.8 Å². The number of nitrogens with one attached hydrogen (secondary N) is 1. The Kier molecular flexibility index (Phi) is 6.72. The molecule has 2 atom stereocenters. The number of ether oxygens (including phenoxy) is 1. The molecule has 0 radical (unpaired) electrons. The van der Waals surface area contributed by atoms with Gasteiger partial charge in [-0.25, -0.2) is 0 Å². The van der Waals surface area contributed by atoms with Crippen LogP contribution in [0.4, 0.5) is 0 Å². The lowest BCUT2D eigenvalue weighted by atomic mass is 9.96. The van der Waals surface area contributed by atoms with Crippen molar-refractivity contribution in [3.8, 4) is 5.75 Å². The zero-order valence-electron chi connectivity index (χ0n) is 16.4. The Morgan fingerprint density at radius 2 is 1.78 bits per heavy atom. The first-order chi connectivity index (χ1) is 13.1. The molecular weight excluding hydrogens is 342 g/mol. The minimum atomic E-state index is 0.104. The van der Waals surface area contributed by atoms with E-state index in [1.54, 1.807) is 7.11 Å². The zero-order valence-corrected chi connectivity index (χ0v) is 16.4. The highest BCUT2D eigenvalue weighted by molar-refractivity contribution is 5.81. The van der Waals surface area contributed by atoms with Crippen LogP contribution < -0.4 is 10.1 Å². The van der Waals surface area contributed by atoms with Gasteiger partial charge in [0.15, 0.2) is 0 Å². The Labute approximate surface area is 161 Å². The van der Waals surface area contributed by atoms with Crippen LogP contribution in [0.5, 0.6) is 5.75 Å². The van der Waals surface area contributed by atoms with Gasteiger partial charge in [-0.2, -0.15) is 0 Å². The lowest BCUT2D eigenvalue weighted by Crippen LogP contribution is -2.53. The van der Waals surface area contributed by atoms with E-state index in [-0.39, 0.29) is 17.7 Å². The fourth-order valence-electron chi connectivity index (χ4n) is 4.10. The lowest BCUT2D eigenvalue weighted by molar-refractivity contribution is -0.142. The van der Waals surface area contributed by atoms with E-state index in [4.69, 9.17) is 4.74 Å². The van der Waals surface area contributed by atoms with E-state index in [1.807, 2.05) is 34.1 Å². The molecule has 0 aromatic heterocycles. The number of benzene rings is 1. The number of carbonyl (C=O) groups is 2. The topological polar surface area (TPSA) is 61.9 Å². The Bertz CT molecular complexity index is 639. The van der Waals surface area contributed by atoms with Crippen LogP contribution in [-0.2, 0) is 16.0 Å². The summed E-state index contributed by atoms with van der Waals surface area (Å²) in [5.74, 6) is 1.37. The quantitative estimate of drug-likeness (QED) is 0.824. The average Bonchev–Trinajstić information content (AvgIpc) is 3.20. The van der Waals surface area contributed by atoms with Crippen molar-refractivity contribution in [2.24, 2.45) is 5.92 Å². The summed E-state index contributed by atoms with van der Waals surface area (Å²) >= 11 is 0. The molecule has 2 aliphatic heterocycles. The molecule has 27 heavy (non-hydrogen) atoms. The van der Waals surface area contributed by atoms with Crippen LogP contribution in [0, 0.1) is 5.92 Å². The fraction of sp³-hybridized carbons (Fsp3) is 0.619. The molecule has 2 saturated heterocycles. The van der Waals surface area contributed by atoms with E-state index in [0.29, 0.717) is 38.6 Å². The second kappa shape index (κ2) is 9.22. The minimum absolute atomic E-state index is 0.104. The molecule has 0 bridgehead atoms. The standard InChI is InChI=1S/C21H31N3O3/c1-3-19-18(10-11-22-19)21(26)24-14-12-23(13-15-24)20(25)9-6-16-4-7-17(27-2)8-5-16/h4-5,7-8,18-19,22H,3,6,9-15H2,1-2H3. The number of carbonyl (C=O) groups excluding carboxylic acids is 2. The van der Waals surface area contributed by atoms with Crippen LogP contribution in [0.25, 0.3) is 0 Å². The third-order valence-electron chi connectivity index (χ3n) is 5.84. The Morgan fingerprint density at radius 3 is 2.41 bits per heavy atom. The van der Waals surface area contributed by atoms with Gasteiger partial charge in [0.25, 0.3) is 0 Å². The van der Waals surface area contributed by atoms with Gasteiger partial charge in [0, 0.05) is 38.6 Å². The Hall–Kier alpha value is -2.08. The monoisotopic (exact) mass is 373 g/mol. The molecule has 0 spiro atoms. The van der Waals surface area contributed by atoms with Crippen molar-refractivity contribution in [1.82, 2.24) is 15.1 Å². The van der Waals surface area contributed by atoms with E-state index < -0.39 is 0 Å². The van der Waals surface area contributed by atoms with Crippen molar-refractivity contribution in [3.05, 3.63) is 29.8 Å². The predicted molar refractivity (Wildman–Crippen MR) is 105 cm³/mol. The SMILES string of the molecule is CCC1NCCC1C(=O)N1CCN(C(=O)CCc2ccc(OC)cc2)CC1. The molecule has 3 rings (SSSR count). The summed E-state index contributed by atoms with van der Waals surface area (Å²) in [6, 6.07) is 8.16. The van der Waals surface area contributed by atoms with E-state index in [9.17, 15) is 9.59 Å². The molecule has 2 heterocycles. The number of amides is 2. The molecule has 1 aromatic carbocycles. The first-order valence-corrected chi connectivity index (χ1v) is 10.0. The van der Waals surface area contributed by atoms with Crippen LogP contribution in [0.3, 0.4) is 0 Å². The summed E-state index contributed by atoms with van der Waals surface area (Å²) in [6.07, 6.45) is 3.15. The second-order valence-corrected chi connectivity index (χ2v) is 7.42. The van der Waals surface area contributed by atoms with Gasteiger partial charge in [0.05, 0.1) is 13.0 Å². The van der Waals surface area contributed by atoms with Crippen LogP contribution in [0.2, 0.25) is 0 Å². The summed E-state index contributed by atoms with van der Waals surface area (Å²) < 4.78 is 5.16. The van der Waals surface area contributed by atoms with Gasteiger partial charge in [-0.3, -0.25) is 9.59 Å². The molecular formula is C21H31N3O3. The number of methoxy groups -OCH3 is 1. The highest BCUT2D eigenvalue weighted by atomic mass is 16.5. The number of aryl methyl sites for hydroxylation is 1. The van der Waals surface area contributed by atoms with Gasteiger partial charge < -0.3 is 19.9 Å². The van der Waals surface area contributed by atoms with Crippen molar-refractivity contribution >= 4 is 11.8 Å². The van der Waals surface area contributed by atoms with Crippen molar-refractivity contribution in [2.45, 2.75) is 38.6 Å². The molecule has 1 N–H and O–H groups in total. The zero-order chi connectivity index (χ0) is 19.2. The van der Waals surface area contributed by atoms with Crippen LogP contribution in [-0.4, -0.2) is 67.5 Å². The van der Waals surface area contributed by atoms with E-state index in [1.165, 1.54) is 0 Å². The fourth-order valence-corrected chi connectivity index (χ4v) is 4.10. The highest BCUT2D eigenvalue weighted by Crippen LogP contribution is 2.22. The van der Waals surface area contributed by atoms with Gasteiger partial charge >= 0.3 is 0 Å². The molecule has 6 nitrogen and oxygen atoms in total. The second-order valence-electron chi connectivity index (χ2n) is 7.42. The molecule has 2 aliphatic rings. The molecule has 1 aromatic rings. The normalized spacial score (nSPS) is 22.7. The largest absolute Gasteiger partial charge is 0.497 e. The maximum Gasteiger partial charge on any atom is 0.227 e. The van der Waals surface area contributed by atoms with E-state index in [2.05, 4.69) is 12.2 Å². The number of nitrogens with zero attached hydrogens (tertiary/aromatic N) is 2. The third kappa shape index (κ3) is 4.80. The van der Waals surface area contributed by atoms with Gasteiger partial charge in [0.1, 0.15) is 5.75 Å². The average molecular weight is 373 g/mol. The maximum atomic E-state index is 12.8. The molecule has 2 amide bonds. The predicted octanol–water partition coefficient (Wildman–Crippen LogP) is 1.69. The van der Waals surface area contributed by atoms with Gasteiger partial charge in [-0.1, -0.05) is 19.1 Å². The maximum absolute atomic E-state index is 12.8. The van der Waals surface area contributed by atoms with Crippen molar-refractivity contribution < 1.29 is 14.3 Å². The first kappa shape index (κ1) is 19.7. The van der Waals surface area contributed by atoms with E-state index in [0.717, 1.165) is 37.1 Å². The van der Waals surface area contributed by atoms with Gasteiger partial charge in [-0.05, 0) is 43.5 Å². The number of hydrogen-bond donors (Lipinski definition) is 1. The molecule has 2 fully saturated rings. The summed E-state index contributed by atoms with van der Waals surface area (Å²) in [7, 11) is 1.65. The number of rotatable bonds is 6. The minimum Gasteiger partial charge on any atom is -0.497 e. The smallest absolute Gasteiger partial charge is 0.227 e. The van der Waals surface area contributed by atoms with Gasteiger partial charge in [-0.15, -0.1) is 0 Å². The molecule has 6 heteroatoms. The van der Waals surface area contributed by atoms with Crippen LogP contribution in [0.1, 0.15) is 31.7 Å². The molecule has 0 saturated carbocycles. The van der Waals surface area contributed by atoms with Gasteiger partial charge in [0.2, 0.25) is 11.8 Å². The summed E-state index contributed by atoms with van der Waals surface area (Å²) in [4.78, 5) is 29.1. The van der Waals surface area contributed by atoms with Crippen molar-refractivity contribution in [1.29, 1.82) is 0 Å². The van der Waals surface area contributed by atoms with Crippen LogP contribution >= 0.6 is 0 Å². The lowest BCUT2D eigenvalue weighted by Gasteiger charge is -2.36. The van der Waals surface area contributed by atoms with E-state index >= 15 is 0 Å². The first-order valence-electron chi connectivity index (χ1n) is 10.0. The number of hydrogen-bond acceptors (Lipinski definition) is 4. The molecule has 0 aliphatic carbocycles. The Balaban J connectivity index is 1.44. The van der Waals surface area contributed by atoms with Crippen molar-refractivity contribution in [3.63, 3.8) is 0 Å². The Morgan fingerprint density at radius 1 is 1.11 bits per heavy atom.